The average molecular weight is 406 g/mol. The molecule has 3 aromatic rings. The second kappa shape index (κ2) is 7.40. The molecule has 1 aliphatic heterocycles. The predicted molar refractivity (Wildman–Crippen MR) is 111 cm³/mol. The highest BCUT2D eigenvalue weighted by atomic mass is 16.5. The van der Waals surface area contributed by atoms with Gasteiger partial charge in [-0.3, -0.25) is 9.78 Å². The largest absolute Gasteiger partial charge is 0.486 e. The van der Waals surface area contributed by atoms with E-state index in [-0.39, 0.29) is 12.0 Å². The number of aliphatic hydroxyl groups is 1. The summed E-state index contributed by atoms with van der Waals surface area (Å²) < 4.78 is 7.88. The lowest BCUT2D eigenvalue weighted by molar-refractivity contribution is -0.0236. The normalized spacial score (nSPS) is 26.0. The van der Waals surface area contributed by atoms with Crippen molar-refractivity contribution in [1.29, 1.82) is 0 Å². The molecule has 5 rings (SSSR count). The zero-order valence-corrected chi connectivity index (χ0v) is 17.2. The lowest BCUT2D eigenvalue weighted by Crippen LogP contribution is -2.42. The number of carbonyl (C=O) groups is 1. The zero-order valence-electron chi connectivity index (χ0n) is 17.2. The molecular formula is C23H26N4O3. The van der Waals surface area contributed by atoms with Gasteiger partial charge in [0.2, 0.25) is 0 Å². The van der Waals surface area contributed by atoms with E-state index in [0.29, 0.717) is 36.9 Å². The minimum atomic E-state index is -0.543. The minimum absolute atomic E-state index is 0.0103. The fourth-order valence-electron chi connectivity index (χ4n) is 4.91. The first-order valence-electron chi connectivity index (χ1n) is 10.5. The van der Waals surface area contributed by atoms with E-state index in [1.54, 1.807) is 10.7 Å². The summed E-state index contributed by atoms with van der Waals surface area (Å²) in [5, 5.41) is 15.0. The van der Waals surface area contributed by atoms with Crippen molar-refractivity contribution in [2.45, 2.75) is 38.9 Å². The van der Waals surface area contributed by atoms with Crippen molar-refractivity contribution in [2.24, 2.45) is 11.8 Å². The fourth-order valence-corrected chi connectivity index (χ4v) is 4.91. The number of hydrogen-bond donors (Lipinski definition) is 1. The molecule has 7 heteroatoms. The smallest absolute Gasteiger partial charge is 0.257 e. The fraction of sp³-hybridized carbons (Fsp3) is 0.435. The van der Waals surface area contributed by atoms with Gasteiger partial charge >= 0.3 is 0 Å². The molecule has 0 unspecified atom stereocenters. The van der Waals surface area contributed by atoms with Crippen molar-refractivity contribution in [3.63, 3.8) is 0 Å². The van der Waals surface area contributed by atoms with Gasteiger partial charge in [0.05, 0.1) is 29.1 Å². The summed E-state index contributed by atoms with van der Waals surface area (Å²) in [6, 6.07) is 9.57. The van der Waals surface area contributed by atoms with Crippen LogP contribution in [0, 0.1) is 25.7 Å². The van der Waals surface area contributed by atoms with E-state index < -0.39 is 6.10 Å². The SMILES string of the molecule is Cc1ccc(O[C@@H]2C[C@@H]3CN(C(=O)c4cnn5ccccc45)C[C@@H]3C[C@H]2O)c(C)n1. The Balaban J connectivity index is 1.30. The lowest BCUT2D eigenvalue weighted by Gasteiger charge is -2.35. The lowest BCUT2D eigenvalue weighted by atomic mass is 9.78. The second-order valence-electron chi connectivity index (χ2n) is 8.55. The molecule has 1 amide bonds. The Hall–Kier alpha value is -2.93. The molecule has 30 heavy (non-hydrogen) atoms. The van der Waals surface area contributed by atoms with E-state index in [1.165, 1.54) is 0 Å². The number of likely N-dealkylation sites (tertiary alicyclic amines) is 1. The number of amides is 1. The summed E-state index contributed by atoms with van der Waals surface area (Å²) in [6.45, 7) is 5.23. The molecule has 1 aliphatic carbocycles. The van der Waals surface area contributed by atoms with Gasteiger partial charge in [0.25, 0.3) is 5.91 Å². The van der Waals surface area contributed by atoms with Crippen LogP contribution in [0.4, 0.5) is 0 Å². The number of rotatable bonds is 3. The molecule has 0 radical (unpaired) electrons. The third-order valence-electron chi connectivity index (χ3n) is 6.48. The van der Waals surface area contributed by atoms with Crippen molar-refractivity contribution < 1.29 is 14.6 Å². The molecule has 4 heterocycles. The van der Waals surface area contributed by atoms with Gasteiger partial charge in [0.15, 0.2) is 0 Å². The Labute approximate surface area is 175 Å². The minimum Gasteiger partial charge on any atom is -0.486 e. The summed E-state index contributed by atoms with van der Waals surface area (Å²) >= 11 is 0. The van der Waals surface area contributed by atoms with E-state index in [1.807, 2.05) is 55.3 Å². The van der Waals surface area contributed by atoms with E-state index in [0.717, 1.165) is 29.1 Å². The number of aryl methyl sites for hydroxylation is 2. The number of carbonyl (C=O) groups excluding carboxylic acids is 1. The highest BCUT2D eigenvalue weighted by Gasteiger charge is 2.44. The Morgan fingerprint density at radius 2 is 1.93 bits per heavy atom. The molecule has 4 atom stereocenters. The first kappa shape index (κ1) is 19.1. The van der Waals surface area contributed by atoms with Crippen LogP contribution < -0.4 is 4.74 Å². The predicted octanol–water partition coefficient (Wildman–Crippen LogP) is 2.64. The molecular weight excluding hydrogens is 380 g/mol. The van der Waals surface area contributed by atoms with Crippen molar-refractivity contribution in [3.05, 3.63) is 59.7 Å². The maximum absolute atomic E-state index is 13.2. The molecule has 7 nitrogen and oxygen atoms in total. The molecule has 0 spiro atoms. The van der Waals surface area contributed by atoms with Gasteiger partial charge in [-0.25, -0.2) is 4.52 Å². The average Bonchev–Trinajstić information content (AvgIpc) is 3.33. The maximum atomic E-state index is 13.2. The van der Waals surface area contributed by atoms with E-state index in [2.05, 4.69) is 10.1 Å². The summed E-state index contributed by atoms with van der Waals surface area (Å²) in [6.07, 6.45) is 4.05. The number of pyridine rings is 2. The van der Waals surface area contributed by atoms with Crippen molar-refractivity contribution in [3.8, 4) is 5.75 Å². The number of hydrogen-bond acceptors (Lipinski definition) is 5. The topological polar surface area (TPSA) is 80.0 Å². The van der Waals surface area contributed by atoms with Crippen LogP contribution in [0.1, 0.15) is 34.6 Å². The van der Waals surface area contributed by atoms with Gasteiger partial charge in [-0.1, -0.05) is 6.07 Å². The molecule has 1 N–H and O–H groups in total. The number of aromatic nitrogens is 3. The number of nitrogens with zero attached hydrogens (tertiary/aromatic N) is 4. The standard InChI is InChI=1S/C23H26N4O3/c1-14-6-7-21(15(2)25-14)30-22-10-17-13-26(12-16(17)9-20(22)28)23(29)18-11-24-27-8-4-3-5-19(18)27/h3-8,11,16-17,20,22,28H,9-10,12-13H2,1-2H3/t16-,17+,20+,22+/m0/s1. The Morgan fingerprint density at radius 1 is 1.13 bits per heavy atom. The number of aliphatic hydroxyl groups excluding tert-OH is 1. The van der Waals surface area contributed by atoms with Crippen LogP contribution >= 0.6 is 0 Å². The van der Waals surface area contributed by atoms with Crippen LogP contribution in [0.5, 0.6) is 5.75 Å². The van der Waals surface area contributed by atoms with E-state index in [4.69, 9.17) is 4.74 Å². The third kappa shape index (κ3) is 3.33. The monoisotopic (exact) mass is 406 g/mol. The second-order valence-corrected chi connectivity index (χ2v) is 8.55. The molecule has 3 aromatic heterocycles. The van der Waals surface area contributed by atoms with Crippen molar-refractivity contribution >= 4 is 11.4 Å². The van der Waals surface area contributed by atoms with Gasteiger partial charge in [-0.15, -0.1) is 0 Å². The Morgan fingerprint density at radius 3 is 2.73 bits per heavy atom. The van der Waals surface area contributed by atoms with Gasteiger partial charge in [-0.05, 0) is 62.8 Å². The van der Waals surface area contributed by atoms with Gasteiger partial charge in [0.1, 0.15) is 11.9 Å². The number of fused-ring (bicyclic) bond motifs is 2. The summed E-state index contributed by atoms with van der Waals surface area (Å²) in [5.41, 5.74) is 3.23. The first-order valence-corrected chi connectivity index (χ1v) is 10.5. The molecule has 0 bridgehead atoms. The highest BCUT2D eigenvalue weighted by Crippen LogP contribution is 2.39. The van der Waals surface area contributed by atoms with Crippen LogP contribution in [0.3, 0.4) is 0 Å². The van der Waals surface area contributed by atoms with Crippen LogP contribution in [0.15, 0.2) is 42.7 Å². The molecule has 2 aliphatic rings. The number of ether oxygens (including phenoxy) is 1. The zero-order chi connectivity index (χ0) is 20.8. The van der Waals surface area contributed by atoms with Crippen LogP contribution in [-0.4, -0.2) is 55.8 Å². The van der Waals surface area contributed by atoms with Gasteiger partial charge in [0, 0.05) is 25.0 Å². The molecule has 1 saturated carbocycles. The first-order chi connectivity index (χ1) is 14.5. The van der Waals surface area contributed by atoms with Crippen molar-refractivity contribution in [2.75, 3.05) is 13.1 Å². The molecule has 0 aromatic carbocycles. The van der Waals surface area contributed by atoms with E-state index in [9.17, 15) is 9.90 Å². The van der Waals surface area contributed by atoms with Crippen LogP contribution in [0.2, 0.25) is 0 Å². The third-order valence-corrected chi connectivity index (χ3v) is 6.48. The summed E-state index contributed by atoms with van der Waals surface area (Å²) in [7, 11) is 0. The maximum Gasteiger partial charge on any atom is 0.257 e. The van der Waals surface area contributed by atoms with Crippen LogP contribution in [-0.2, 0) is 0 Å². The van der Waals surface area contributed by atoms with Gasteiger partial charge in [-0.2, -0.15) is 5.10 Å². The molecule has 2 fully saturated rings. The molecule has 156 valence electrons. The Bertz CT molecular complexity index is 1090. The quantitative estimate of drug-likeness (QED) is 0.723. The van der Waals surface area contributed by atoms with Gasteiger partial charge < -0.3 is 14.7 Å². The Kier molecular flexibility index (Phi) is 4.70. The summed E-state index contributed by atoms with van der Waals surface area (Å²) in [5.74, 6) is 1.35. The highest BCUT2D eigenvalue weighted by molar-refractivity contribution is 6.00. The molecule has 1 saturated heterocycles. The summed E-state index contributed by atoms with van der Waals surface area (Å²) in [4.78, 5) is 19.5. The van der Waals surface area contributed by atoms with E-state index >= 15 is 0 Å². The van der Waals surface area contributed by atoms with Crippen molar-refractivity contribution in [1.82, 2.24) is 19.5 Å². The van der Waals surface area contributed by atoms with Crippen LogP contribution in [0.25, 0.3) is 5.52 Å².